The second-order valence-electron chi connectivity index (χ2n) is 5.58. The standard InChI is InChI=1S/C16H23NO3/c1-11-4-5-12(2)14(10-11)20-9-3-8-17-15(16(18)19)13-6-7-13/h4-5,10,13,15,17H,3,6-9H2,1-2H3,(H,18,19). The first-order valence-electron chi connectivity index (χ1n) is 7.24. The second-order valence-corrected chi connectivity index (χ2v) is 5.58. The molecule has 0 bridgehead atoms. The molecular formula is C16H23NO3. The summed E-state index contributed by atoms with van der Waals surface area (Å²) < 4.78 is 5.75. The van der Waals surface area contributed by atoms with Crippen molar-refractivity contribution in [2.45, 2.75) is 39.2 Å². The summed E-state index contributed by atoms with van der Waals surface area (Å²) in [6.45, 7) is 5.36. The third-order valence-corrected chi connectivity index (χ3v) is 3.65. The minimum atomic E-state index is -0.733. The monoisotopic (exact) mass is 277 g/mol. The van der Waals surface area contributed by atoms with Gasteiger partial charge < -0.3 is 15.2 Å². The van der Waals surface area contributed by atoms with Crippen molar-refractivity contribution in [3.05, 3.63) is 29.3 Å². The van der Waals surface area contributed by atoms with Crippen molar-refractivity contribution in [1.82, 2.24) is 5.32 Å². The average molecular weight is 277 g/mol. The SMILES string of the molecule is Cc1ccc(C)c(OCCCNC(C(=O)O)C2CC2)c1. The lowest BCUT2D eigenvalue weighted by Gasteiger charge is -2.14. The zero-order valence-corrected chi connectivity index (χ0v) is 12.2. The number of carboxylic acids is 1. The summed E-state index contributed by atoms with van der Waals surface area (Å²) in [5.41, 5.74) is 2.31. The van der Waals surface area contributed by atoms with Gasteiger partial charge in [-0.2, -0.15) is 0 Å². The van der Waals surface area contributed by atoms with E-state index in [2.05, 4.69) is 17.4 Å². The van der Waals surface area contributed by atoms with Gasteiger partial charge in [0.25, 0.3) is 0 Å². The lowest BCUT2D eigenvalue weighted by atomic mass is 10.1. The quantitative estimate of drug-likeness (QED) is 0.717. The molecule has 0 amide bonds. The highest BCUT2D eigenvalue weighted by Gasteiger charge is 2.35. The molecule has 0 aromatic heterocycles. The van der Waals surface area contributed by atoms with Crippen LogP contribution in [0.5, 0.6) is 5.75 Å². The van der Waals surface area contributed by atoms with Gasteiger partial charge >= 0.3 is 5.97 Å². The summed E-state index contributed by atoms with van der Waals surface area (Å²) in [6, 6.07) is 5.77. The van der Waals surface area contributed by atoms with Crippen molar-refractivity contribution in [1.29, 1.82) is 0 Å². The highest BCUT2D eigenvalue weighted by atomic mass is 16.5. The normalized spacial score (nSPS) is 15.9. The summed E-state index contributed by atoms with van der Waals surface area (Å²) >= 11 is 0. The summed E-state index contributed by atoms with van der Waals surface area (Å²) in [6.07, 6.45) is 2.87. The van der Waals surface area contributed by atoms with E-state index in [1.807, 2.05) is 19.9 Å². The Balaban J connectivity index is 1.68. The zero-order valence-electron chi connectivity index (χ0n) is 12.2. The molecule has 0 aliphatic heterocycles. The summed E-state index contributed by atoms with van der Waals surface area (Å²) in [7, 11) is 0. The van der Waals surface area contributed by atoms with Crippen LogP contribution in [0.1, 0.15) is 30.4 Å². The van der Waals surface area contributed by atoms with Crippen molar-refractivity contribution in [3.63, 3.8) is 0 Å². The maximum absolute atomic E-state index is 11.1. The predicted molar refractivity (Wildman–Crippen MR) is 78.2 cm³/mol. The van der Waals surface area contributed by atoms with Gasteiger partial charge in [0.15, 0.2) is 0 Å². The van der Waals surface area contributed by atoms with Crippen LogP contribution in [0.25, 0.3) is 0 Å². The highest BCUT2D eigenvalue weighted by Crippen LogP contribution is 2.32. The summed E-state index contributed by atoms with van der Waals surface area (Å²) in [4.78, 5) is 11.1. The van der Waals surface area contributed by atoms with Gasteiger partial charge in [0, 0.05) is 0 Å². The van der Waals surface area contributed by atoms with Gasteiger partial charge in [-0.3, -0.25) is 4.79 Å². The van der Waals surface area contributed by atoms with E-state index in [1.54, 1.807) is 0 Å². The van der Waals surface area contributed by atoms with E-state index in [-0.39, 0.29) is 6.04 Å². The molecule has 0 spiro atoms. The van der Waals surface area contributed by atoms with Crippen molar-refractivity contribution >= 4 is 5.97 Å². The molecule has 2 N–H and O–H groups in total. The van der Waals surface area contributed by atoms with Crippen molar-refractivity contribution in [2.24, 2.45) is 5.92 Å². The first kappa shape index (κ1) is 14.9. The maximum Gasteiger partial charge on any atom is 0.320 e. The molecule has 0 saturated heterocycles. The Morgan fingerprint density at radius 1 is 1.45 bits per heavy atom. The molecule has 0 radical (unpaired) electrons. The molecule has 1 unspecified atom stereocenters. The minimum Gasteiger partial charge on any atom is -0.493 e. The van der Waals surface area contributed by atoms with E-state index in [0.29, 0.717) is 19.1 Å². The van der Waals surface area contributed by atoms with Crippen molar-refractivity contribution in [2.75, 3.05) is 13.2 Å². The number of benzene rings is 1. The van der Waals surface area contributed by atoms with Gasteiger partial charge in [-0.15, -0.1) is 0 Å². The molecule has 110 valence electrons. The maximum atomic E-state index is 11.1. The number of ether oxygens (including phenoxy) is 1. The van der Waals surface area contributed by atoms with E-state index >= 15 is 0 Å². The van der Waals surface area contributed by atoms with Crippen LogP contribution in [0.4, 0.5) is 0 Å². The third kappa shape index (κ3) is 4.23. The number of aryl methyl sites for hydroxylation is 2. The molecule has 1 aromatic rings. The Bertz CT molecular complexity index is 469. The van der Waals surface area contributed by atoms with Crippen LogP contribution in [-0.2, 0) is 4.79 Å². The zero-order chi connectivity index (χ0) is 14.5. The van der Waals surface area contributed by atoms with Crippen LogP contribution in [0.15, 0.2) is 18.2 Å². The predicted octanol–water partition coefficient (Wildman–Crippen LogP) is 2.53. The lowest BCUT2D eigenvalue weighted by Crippen LogP contribution is -2.39. The number of aliphatic carboxylic acids is 1. The van der Waals surface area contributed by atoms with E-state index in [9.17, 15) is 4.79 Å². The number of hydrogen-bond acceptors (Lipinski definition) is 3. The van der Waals surface area contributed by atoms with Gasteiger partial charge in [0.1, 0.15) is 11.8 Å². The Morgan fingerprint density at radius 3 is 2.85 bits per heavy atom. The molecule has 1 aliphatic carbocycles. The molecule has 1 saturated carbocycles. The smallest absolute Gasteiger partial charge is 0.320 e. The number of rotatable bonds is 8. The summed E-state index contributed by atoms with van der Waals surface area (Å²) in [5, 5.41) is 12.2. The first-order chi connectivity index (χ1) is 9.58. The van der Waals surface area contributed by atoms with Gasteiger partial charge in [-0.05, 0) is 62.8 Å². The highest BCUT2D eigenvalue weighted by molar-refractivity contribution is 5.74. The minimum absolute atomic E-state index is 0.326. The molecule has 1 atom stereocenters. The second kappa shape index (κ2) is 6.75. The number of carbonyl (C=O) groups is 1. The molecule has 1 fully saturated rings. The van der Waals surface area contributed by atoms with Crippen LogP contribution in [-0.4, -0.2) is 30.3 Å². The number of carboxylic acid groups (broad SMARTS) is 1. The van der Waals surface area contributed by atoms with Crippen molar-refractivity contribution in [3.8, 4) is 5.75 Å². The Kier molecular flexibility index (Phi) is 5.01. The molecule has 0 heterocycles. The van der Waals surface area contributed by atoms with Crippen LogP contribution < -0.4 is 10.1 Å². The molecular weight excluding hydrogens is 254 g/mol. The Labute approximate surface area is 120 Å². The molecule has 4 nitrogen and oxygen atoms in total. The first-order valence-corrected chi connectivity index (χ1v) is 7.24. The van der Waals surface area contributed by atoms with Gasteiger partial charge in [0.2, 0.25) is 0 Å². The Morgan fingerprint density at radius 2 is 2.20 bits per heavy atom. The lowest BCUT2D eigenvalue weighted by molar-refractivity contribution is -0.140. The molecule has 2 rings (SSSR count). The van der Waals surface area contributed by atoms with Crippen LogP contribution in [0.3, 0.4) is 0 Å². The van der Waals surface area contributed by atoms with E-state index in [4.69, 9.17) is 9.84 Å². The third-order valence-electron chi connectivity index (χ3n) is 3.65. The molecule has 4 heteroatoms. The number of hydrogen-bond donors (Lipinski definition) is 2. The van der Waals surface area contributed by atoms with E-state index in [1.165, 1.54) is 5.56 Å². The largest absolute Gasteiger partial charge is 0.493 e. The van der Waals surface area contributed by atoms with Crippen molar-refractivity contribution < 1.29 is 14.6 Å². The topological polar surface area (TPSA) is 58.6 Å². The van der Waals surface area contributed by atoms with E-state index in [0.717, 1.165) is 30.6 Å². The van der Waals surface area contributed by atoms with Crippen LogP contribution >= 0.6 is 0 Å². The molecule has 1 aromatic carbocycles. The number of nitrogens with one attached hydrogen (secondary N) is 1. The fourth-order valence-corrected chi connectivity index (χ4v) is 2.26. The fourth-order valence-electron chi connectivity index (χ4n) is 2.26. The average Bonchev–Trinajstić information content (AvgIpc) is 3.21. The van der Waals surface area contributed by atoms with Gasteiger partial charge in [0.05, 0.1) is 6.61 Å². The Hall–Kier alpha value is -1.55. The fraction of sp³-hybridized carbons (Fsp3) is 0.562. The summed E-state index contributed by atoms with van der Waals surface area (Å²) in [5.74, 6) is 0.511. The molecule has 1 aliphatic rings. The molecule has 20 heavy (non-hydrogen) atoms. The van der Waals surface area contributed by atoms with Gasteiger partial charge in [-0.25, -0.2) is 0 Å². The van der Waals surface area contributed by atoms with E-state index < -0.39 is 5.97 Å². The van der Waals surface area contributed by atoms with Crippen LogP contribution in [0.2, 0.25) is 0 Å². The van der Waals surface area contributed by atoms with Gasteiger partial charge in [-0.1, -0.05) is 12.1 Å². The van der Waals surface area contributed by atoms with Crippen LogP contribution in [0, 0.1) is 19.8 Å².